The third-order valence-electron chi connectivity index (χ3n) is 7.67. The van der Waals surface area contributed by atoms with Gasteiger partial charge in [0.15, 0.2) is 0 Å². The highest BCUT2D eigenvalue weighted by atomic mass is 16.5. The number of cyclic esters (lactones) is 2. The Hall–Kier alpha value is -6.18. The summed E-state index contributed by atoms with van der Waals surface area (Å²) >= 11 is 0. The fourth-order valence-corrected chi connectivity index (χ4v) is 5.20. The Bertz CT molecular complexity index is 1850. The van der Waals surface area contributed by atoms with Gasteiger partial charge in [0, 0.05) is 35.1 Å². The van der Waals surface area contributed by atoms with Crippen LogP contribution in [0.25, 0.3) is 33.9 Å². The van der Waals surface area contributed by atoms with E-state index in [2.05, 4.69) is 31.3 Å². The minimum absolute atomic E-state index is 0.293. The second kappa shape index (κ2) is 12.1. The van der Waals surface area contributed by atoms with Crippen LogP contribution in [0.15, 0.2) is 85.2 Å². The number of hydrogen-bond acceptors (Lipinski definition) is 10. The molecule has 2 fully saturated rings. The summed E-state index contributed by atoms with van der Waals surface area (Å²) in [5, 5.41) is 22.6. The standard InChI is InChI=1S/C32H26N8O6/c41-29(33-25-10-12-45-31(25)43)21-6-2-8-23(15-21)39-17-27(35-37-39)19-4-1-5-20(14-19)28-18-40(38-36-28)24-9-3-7-22(16-24)30(42)34-26-11-13-46-32(26)44/h1-9,14-18,25-26H,10-13H2,(H,33,41)(H,34,42)/t25-,26-/m0/s1. The minimum Gasteiger partial charge on any atom is -0.464 e. The molecule has 0 aliphatic carbocycles. The number of nitrogens with zero attached hydrogens (tertiary/aromatic N) is 6. The third-order valence-corrected chi connectivity index (χ3v) is 7.67. The van der Waals surface area contributed by atoms with Gasteiger partial charge in [-0.3, -0.25) is 9.59 Å². The SMILES string of the molecule is O=C(N[C@H]1CCOC1=O)c1cccc(-n2cc(-c3cccc(-c4cn(-c5cccc(C(=O)N[C@H]6CCOC6=O)c5)nn4)c3)nn2)c1. The number of aromatic nitrogens is 6. The number of benzene rings is 3. The molecule has 2 aliphatic rings. The minimum atomic E-state index is -0.648. The van der Waals surface area contributed by atoms with Crippen LogP contribution in [0.1, 0.15) is 33.6 Å². The van der Waals surface area contributed by atoms with Crippen molar-refractivity contribution in [3.63, 3.8) is 0 Å². The van der Waals surface area contributed by atoms with E-state index in [4.69, 9.17) is 9.47 Å². The first-order valence-corrected chi connectivity index (χ1v) is 14.5. The zero-order chi connectivity index (χ0) is 31.6. The second-order valence-corrected chi connectivity index (χ2v) is 10.7. The Morgan fingerprint density at radius 1 is 0.652 bits per heavy atom. The smallest absolute Gasteiger partial charge is 0.328 e. The van der Waals surface area contributed by atoms with E-state index >= 15 is 0 Å². The third kappa shape index (κ3) is 5.83. The van der Waals surface area contributed by atoms with E-state index in [1.165, 1.54) is 0 Å². The number of esters is 2. The van der Waals surface area contributed by atoms with E-state index in [1.807, 2.05) is 24.3 Å². The van der Waals surface area contributed by atoms with Crippen LogP contribution in [0.4, 0.5) is 0 Å². The molecule has 2 saturated heterocycles. The molecule has 2 aliphatic heterocycles. The molecule has 0 saturated carbocycles. The Morgan fingerprint density at radius 3 is 1.54 bits per heavy atom. The van der Waals surface area contributed by atoms with Gasteiger partial charge in [-0.05, 0) is 42.5 Å². The predicted molar refractivity (Wildman–Crippen MR) is 161 cm³/mol. The van der Waals surface area contributed by atoms with Crippen LogP contribution in [-0.4, -0.2) is 79.0 Å². The number of ether oxygens (including phenoxy) is 2. The predicted octanol–water partition coefficient (Wildman–Crippen LogP) is 2.27. The van der Waals surface area contributed by atoms with Gasteiger partial charge < -0.3 is 20.1 Å². The highest BCUT2D eigenvalue weighted by molar-refractivity contribution is 5.98. The maximum Gasteiger partial charge on any atom is 0.328 e. The number of carbonyl (C=O) groups is 4. The van der Waals surface area contributed by atoms with Crippen LogP contribution in [0.5, 0.6) is 0 Å². The van der Waals surface area contributed by atoms with Crippen molar-refractivity contribution >= 4 is 23.8 Å². The molecule has 0 bridgehead atoms. The molecular formula is C32H26N8O6. The molecule has 0 radical (unpaired) electrons. The number of carbonyl (C=O) groups excluding carboxylic acids is 4. The molecule has 46 heavy (non-hydrogen) atoms. The summed E-state index contributed by atoms with van der Waals surface area (Å²) < 4.78 is 13.0. The van der Waals surface area contributed by atoms with Crippen molar-refractivity contribution in [2.75, 3.05) is 13.2 Å². The van der Waals surface area contributed by atoms with Gasteiger partial charge in [-0.1, -0.05) is 40.8 Å². The molecule has 2 aromatic heterocycles. The summed E-state index contributed by atoms with van der Waals surface area (Å²) in [4.78, 5) is 49.0. The molecule has 14 heteroatoms. The lowest BCUT2D eigenvalue weighted by molar-refractivity contribution is -0.140. The van der Waals surface area contributed by atoms with Crippen LogP contribution >= 0.6 is 0 Å². The molecule has 2 amide bonds. The fraction of sp³-hybridized carbons (Fsp3) is 0.188. The highest BCUT2D eigenvalue weighted by Crippen LogP contribution is 2.25. The van der Waals surface area contributed by atoms with Crippen molar-refractivity contribution in [2.45, 2.75) is 24.9 Å². The van der Waals surface area contributed by atoms with Gasteiger partial charge in [0.2, 0.25) is 0 Å². The van der Waals surface area contributed by atoms with Gasteiger partial charge in [0.25, 0.3) is 11.8 Å². The monoisotopic (exact) mass is 618 g/mol. The van der Waals surface area contributed by atoms with Crippen LogP contribution in [0.3, 0.4) is 0 Å². The van der Waals surface area contributed by atoms with Crippen molar-refractivity contribution in [2.24, 2.45) is 0 Å². The molecule has 14 nitrogen and oxygen atoms in total. The van der Waals surface area contributed by atoms with Gasteiger partial charge in [-0.2, -0.15) is 0 Å². The van der Waals surface area contributed by atoms with Crippen LogP contribution in [-0.2, 0) is 19.1 Å². The molecule has 3 aromatic carbocycles. The zero-order valence-electron chi connectivity index (χ0n) is 24.2. The number of rotatable bonds is 8. The molecule has 5 aromatic rings. The molecule has 7 rings (SSSR count). The highest BCUT2D eigenvalue weighted by Gasteiger charge is 2.29. The van der Waals surface area contributed by atoms with Gasteiger partial charge in [-0.15, -0.1) is 10.2 Å². The molecular weight excluding hydrogens is 592 g/mol. The maximum atomic E-state index is 12.7. The lowest BCUT2D eigenvalue weighted by Crippen LogP contribution is -2.37. The summed E-state index contributed by atoms with van der Waals surface area (Å²) in [6, 6.07) is 20.0. The Balaban J connectivity index is 1.06. The summed E-state index contributed by atoms with van der Waals surface area (Å²) in [7, 11) is 0. The van der Waals surface area contributed by atoms with Crippen LogP contribution in [0, 0.1) is 0 Å². The average Bonchev–Trinajstić information content (AvgIpc) is 3.91. The molecule has 2 N–H and O–H groups in total. The number of amides is 2. The first kappa shape index (κ1) is 28.6. The van der Waals surface area contributed by atoms with Crippen molar-refractivity contribution < 1.29 is 28.7 Å². The lowest BCUT2D eigenvalue weighted by atomic mass is 10.1. The number of hydrogen-bond donors (Lipinski definition) is 2. The van der Waals surface area contributed by atoms with E-state index < -0.39 is 24.0 Å². The first-order chi connectivity index (χ1) is 22.4. The van der Waals surface area contributed by atoms with Crippen molar-refractivity contribution in [1.29, 1.82) is 0 Å². The van der Waals surface area contributed by atoms with Gasteiger partial charge >= 0.3 is 11.9 Å². The van der Waals surface area contributed by atoms with Gasteiger partial charge in [0.05, 0.1) is 37.0 Å². The van der Waals surface area contributed by atoms with E-state index in [1.54, 1.807) is 70.3 Å². The van der Waals surface area contributed by atoms with E-state index in [9.17, 15) is 19.2 Å². The van der Waals surface area contributed by atoms with Crippen molar-refractivity contribution in [3.05, 3.63) is 96.3 Å². The number of nitrogens with one attached hydrogen (secondary N) is 2. The zero-order valence-corrected chi connectivity index (χ0v) is 24.2. The summed E-state index contributed by atoms with van der Waals surface area (Å²) in [5.74, 6) is -1.62. The topological polar surface area (TPSA) is 172 Å². The van der Waals surface area contributed by atoms with Crippen LogP contribution < -0.4 is 10.6 Å². The summed E-state index contributed by atoms with van der Waals surface area (Å²) in [5.41, 5.74) is 4.78. The molecule has 4 heterocycles. The van der Waals surface area contributed by atoms with E-state index in [-0.39, 0.29) is 11.8 Å². The fourth-order valence-electron chi connectivity index (χ4n) is 5.20. The summed E-state index contributed by atoms with van der Waals surface area (Å²) in [6.07, 6.45) is 4.39. The van der Waals surface area contributed by atoms with Crippen molar-refractivity contribution in [1.82, 2.24) is 40.6 Å². The molecule has 230 valence electrons. The largest absolute Gasteiger partial charge is 0.464 e. The maximum absolute atomic E-state index is 12.7. The average molecular weight is 619 g/mol. The normalized spacial score (nSPS) is 17.4. The second-order valence-electron chi connectivity index (χ2n) is 10.7. The molecule has 0 spiro atoms. The van der Waals surface area contributed by atoms with Gasteiger partial charge in [-0.25, -0.2) is 19.0 Å². The van der Waals surface area contributed by atoms with Crippen molar-refractivity contribution in [3.8, 4) is 33.9 Å². The quantitative estimate of drug-likeness (QED) is 0.246. The molecule has 0 unspecified atom stereocenters. The van der Waals surface area contributed by atoms with Gasteiger partial charge in [0.1, 0.15) is 23.5 Å². The first-order valence-electron chi connectivity index (χ1n) is 14.5. The van der Waals surface area contributed by atoms with Crippen LogP contribution in [0.2, 0.25) is 0 Å². The Kier molecular flexibility index (Phi) is 7.50. The summed E-state index contributed by atoms with van der Waals surface area (Å²) in [6.45, 7) is 0.585. The Morgan fingerprint density at radius 2 is 1.11 bits per heavy atom. The molecule has 2 atom stereocenters. The lowest BCUT2D eigenvalue weighted by Gasteiger charge is -2.09. The van der Waals surface area contributed by atoms with E-state index in [0.717, 1.165) is 11.1 Å². The van der Waals surface area contributed by atoms with E-state index in [0.29, 0.717) is 59.9 Å². The Labute approximate surface area is 261 Å².